The number of hydrogen-bond acceptors (Lipinski definition) is 2. The van der Waals surface area contributed by atoms with Crippen molar-refractivity contribution < 1.29 is 0 Å². The van der Waals surface area contributed by atoms with Gasteiger partial charge in [-0.1, -0.05) is 27.7 Å². The maximum absolute atomic E-state index is 3.65. The van der Waals surface area contributed by atoms with Crippen molar-refractivity contribution in [2.45, 2.75) is 59.9 Å². The molecule has 0 aromatic rings. The zero-order chi connectivity index (χ0) is 12.4. The molecule has 2 unspecified atom stereocenters. The van der Waals surface area contributed by atoms with Crippen LogP contribution in [0.5, 0.6) is 0 Å². The van der Waals surface area contributed by atoms with Crippen LogP contribution in [0, 0.1) is 11.8 Å². The van der Waals surface area contributed by atoms with Gasteiger partial charge in [0.15, 0.2) is 0 Å². The van der Waals surface area contributed by atoms with Crippen LogP contribution in [0.4, 0.5) is 0 Å². The van der Waals surface area contributed by atoms with Crippen LogP contribution in [0.2, 0.25) is 0 Å². The number of rotatable bonds is 10. The molecule has 0 aromatic carbocycles. The van der Waals surface area contributed by atoms with Crippen molar-refractivity contribution in [1.29, 1.82) is 0 Å². The van der Waals surface area contributed by atoms with Crippen LogP contribution in [0.3, 0.4) is 0 Å². The summed E-state index contributed by atoms with van der Waals surface area (Å²) in [7, 11) is 0. The van der Waals surface area contributed by atoms with E-state index in [4.69, 9.17) is 0 Å². The Hall–Kier alpha value is 0.310. The van der Waals surface area contributed by atoms with Crippen LogP contribution >= 0.6 is 11.8 Å². The first-order valence-electron chi connectivity index (χ1n) is 6.94. The Labute approximate surface area is 107 Å². The quantitative estimate of drug-likeness (QED) is 0.580. The second-order valence-corrected chi connectivity index (χ2v) is 6.38. The van der Waals surface area contributed by atoms with Gasteiger partial charge in [0.2, 0.25) is 0 Å². The van der Waals surface area contributed by atoms with Gasteiger partial charge < -0.3 is 5.32 Å². The van der Waals surface area contributed by atoms with Crippen LogP contribution in [0.15, 0.2) is 0 Å². The highest BCUT2D eigenvalue weighted by Crippen LogP contribution is 2.22. The topological polar surface area (TPSA) is 12.0 Å². The van der Waals surface area contributed by atoms with Gasteiger partial charge in [-0.2, -0.15) is 11.8 Å². The minimum atomic E-state index is 0.673. The SMILES string of the molecule is CCCNC(C)C(CCCSCC)C(C)C. The fraction of sp³-hybridized carbons (Fsp3) is 1.00. The smallest absolute Gasteiger partial charge is 0.00694 e. The van der Waals surface area contributed by atoms with Crippen LogP contribution < -0.4 is 5.32 Å². The predicted molar refractivity (Wildman–Crippen MR) is 78.3 cm³/mol. The Kier molecular flexibility index (Phi) is 10.7. The maximum atomic E-state index is 3.65. The predicted octanol–water partition coefficient (Wildman–Crippen LogP) is 4.18. The second-order valence-electron chi connectivity index (χ2n) is 4.99. The Balaban J connectivity index is 3.86. The van der Waals surface area contributed by atoms with Crippen molar-refractivity contribution in [2.75, 3.05) is 18.1 Å². The van der Waals surface area contributed by atoms with Crippen molar-refractivity contribution in [3.05, 3.63) is 0 Å². The molecule has 0 radical (unpaired) electrons. The third-order valence-electron chi connectivity index (χ3n) is 3.25. The minimum absolute atomic E-state index is 0.673. The molecule has 0 heterocycles. The molecule has 0 aliphatic rings. The normalized spacial score (nSPS) is 15.4. The number of hydrogen-bond donors (Lipinski definition) is 1. The Morgan fingerprint density at radius 3 is 2.31 bits per heavy atom. The third kappa shape index (κ3) is 7.56. The summed E-state index contributed by atoms with van der Waals surface area (Å²) in [4.78, 5) is 0. The molecule has 0 rings (SSSR count). The summed E-state index contributed by atoms with van der Waals surface area (Å²) in [5, 5.41) is 3.65. The molecular weight excluding hydrogens is 214 g/mol. The first kappa shape index (κ1) is 16.3. The van der Waals surface area contributed by atoms with Gasteiger partial charge in [-0.25, -0.2) is 0 Å². The van der Waals surface area contributed by atoms with E-state index in [1.807, 2.05) is 0 Å². The molecule has 98 valence electrons. The van der Waals surface area contributed by atoms with E-state index in [0.717, 1.165) is 18.4 Å². The summed E-state index contributed by atoms with van der Waals surface area (Å²) >= 11 is 2.07. The molecular formula is C14H31NS. The standard InChI is InChI=1S/C14H31NS/c1-6-10-15-13(5)14(12(3)4)9-8-11-16-7-2/h12-15H,6-11H2,1-5H3. The van der Waals surface area contributed by atoms with Crippen molar-refractivity contribution in [3.63, 3.8) is 0 Å². The molecule has 0 amide bonds. The van der Waals surface area contributed by atoms with Gasteiger partial charge >= 0.3 is 0 Å². The van der Waals surface area contributed by atoms with E-state index in [1.54, 1.807) is 0 Å². The van der Waals surface area contributed by atoms with Gasteiger partial charge in [0.1, 0.15) is 0 Å². The number of thioether (sulfide) groups is 1. The molecule has 0 saturated heterocycles. The Morgan fingerprint density at radius 2 is 1.81 bits per heavy atom. The van der Waals surface area contributed by atoms with Gasteiger partial charge in [-0.3, -0.25) is 0 Å². The average molecular weight is 245 g/mol. The highest BCUT2D eigenvalue weighted by atomic mass is 32.2. The fourth-order valence-electron chi connectivity index (χ4n) is 2.25. The Morgan fingerprint density at radius 1 is 1.12 bits per heavy atom. The third-order valence-corrected chi connectivity index (χ3v) is 4.23. The summed E-state index contributed by atoms with van der Waals surface area (Å²) in [6.45, 7) is 12.7. The van der Waals surface area contributed by atoms with Gasteiger partial charge in [0.25, 0.3) is 0 Å². The van der Waals surface area contributed by atoms with Crippen LogP contribution in [0.25, 0.3) is 0 Å². The van der Waals surface area contributed by atoms with Crippen molar-refractivity contribution >= 4 is 11.8 Å². The van der Waals surface area contributed by atoms with Crippen molar-refractivity contribution in [3.8, 4) is 0 Å². The fourth-order valence-corrected chi connectivity index (χ4v) is 2.91. The molecule has 2 heteroatoms. The van der Waals surface area contributed by atoms with Gasteiger partial charge in [0, 0.05) is 6.04 Å². The van der Waals surface area contributed by atoms with Gasteiger partial charge in [0.05, 0.1) is 0 Å². The molecule has 16 heavy (non-hydrogen) atoms. The molecule has 1 N–H and O–H groups in total. The van der Waals surface area contributed by atoms with Crippen LogP contribution in [-0.2, 0) is 0 Å². The lowest BCUT2D eigenvalue weighted by atomic mass is 9.85. The zero-order valence-electron chi connectivity index (χ0n) is 11.9. The first-order chi connectivity index (χ1) is 7.63. The van der Waals surface area contributed by atoms with Crippen LogP contribution in [0.1, 0.15) is 53.9 Å². The van der Waals surface area contributed by atoms with Gasteiger partial charge in [-0.15, -0.1) is 0 Å². The average Bonchev–Trinajstić information content (AvgIpc) is 2.25. The molecule has 0 bridgehead atoms. The van der Waals surface area contributed by atoms with E-state index in [-0.39, 0.29) is 0 Å². The maximum Gasteiger partial charge on any atom is 0.00694 e. The summed E-state index contributed by atoms with van der Waals surface area (Å²) in [5.74, 6) is 4.23. The lowest BCUT2D eigenvalue weighted by Gasteiger charge is -2.28. The summed E-state index contributed by atoms with van der Waals surface area (Å²) < 4.78 is 0. The van der Waals surface area contributed by atoms with Gasteiger partial charge in [-0.05, 0) is 56.1 Å². The Bertz CT molecular complexity index is 148. The summed E-state index contributed by atoms with van der Waals surface area (Å²) in [6, 6.07) is 0.673. The molecule has 0 aromatic heterocycles. The lowest BCUT2D eigenvalue weighted by Crippen LogP contribution is -2.36. The first-order valence-corrected chi connectivity index (χ1v) is 8.10. The summed E-state index contributed by atoms with van der Waals surface area (Å²) in [5.41, 5.74) is 0. The highest BCUT2D eigenvalue weighted by Gasteiger charge is 2.19. The monoisotopic (exact) mass is 245 g/mol. The molecule has 0 fully saturated rings. The largest absolute Gasteiger partial charge is 0.314 e. The zero-order valence-corrected chi connectivity index (χ0v) is 12.7. The molecule has 1 nitrogen and oxygen atoms in total. The number of nitrogens with one attached hydrogen (secondary N) is 1. The molecule has 0 spiro atoms. The van der Waals surface area contributed by atoms with E-state index in [9.17, 15) is 0 Å². The highest BCUT2D eigenvalue weighted by molar-refractivity contribution is 7.99. The van der Waals surface area contributed by atoms with E-state index >= 15 is 0 Å². The van der Waals surface area contributed by atoms with Crippen LogP contribution in [-0.4, -0.2) is 24.1 Å². The van der Waals surface area contributed by atoms with Crippen molar-refractivity contribution in [2.24, 2.45) is 11.8 Å². The molecule has 2 atom stereocenters. The second kappa shape index (κ2) is 10.5. The summed E-state index contributed by atoms with van der Waals surface area (Å²) in [6.07, 6.45) is 3.99. The van der Waals surface area contributed by atoms with E-state index in [0.29, 0.717) is 6.04 Å². The van der Waals surface area contributed by atoms with E-state index < -0.39 is 0 Å². The van der Waals surface area contributed by atoms with E-state index in [1.165, 1.54) is 30.8 Å². The minimum Gasteiger partial charge on any atom is -0.314 e. The van der Waals surface area contributed by atoms with E-state index in [2.05, 4.69) is 51.7 Å². The molecule has 0 saturated carbocycles. The lowest BCUT2D eigenvalue weighted by molar-refractivity contribution is 0.272. The van der Waals surface area contributed by atoms with Crippen molar-refractivity contribution in [1.82, 2.24) is 5.32 Å². The molecule has 0 aliphatic carbocycles. The molecule has 0 aliphatic heterocycles.